The van der Waals surface area contributed by atoms with Gasteiger partial charge in [-0.3, -0.25) is 11.3 Å². The molecule has 0 bridgehead atoms. The molecule has 0 aromatic heterocycles. The summed E-state index contributed by atoms with van der Waals surface area (Å²) in [7, 11) is 0. The van der Waals surface area contributed by atoms with Gasteiger partial charge >= 0.3 is 0 Å². The first-order chi connectivity index (χ1) is 9.09. The van der Waals surface area contributed by atoms with Crippen LogP contribution in [0.2, 0.25) is 0 Å². The molecule has 1 aliphatic carbocycles. The van der Waals surface area contributed by atoms with Crippen LogP contribution in [0.1, 0.15) is 44.6 Å². The van der Waals surface area contributed by atoms with E-state index in [0.29, 0.717) is 12.0 Å². The van der Waals surface area contributed by atoms with E-state index in [1.54, 1.807) is 0 Å². The molecule has 0 radical (unpaired) electrons. The highest BCUT2D eigenvalue weighted by Crippen LogP contribution is 2.44. The minimum Gasteiger partial charge on any atom is -0.271 e. The highest BCUT2D eigenvalue weighted by atomic mass is 19.1. The Morgan fingerprint density at radius 2 is 1.79 bits per heavy atom. The first-order valence-electron chi connectivity index (χ1n) is 7.01. The van der Waals surface area contributed by atoms with Crippen molar-refractivity contribution in [3.05, 3.63) is 35.4 Å². The lowest BCUT2D eigenvalue weighted by Crippen LogP contribution is -2.48. The van der Waals surface area contributed by atoms with Gasteiger partial charge in [0.15, 0.2) is 0 Å². The number of nitrogens with two attached hydrogens (primary N) is 1. The predicted molar refractivity (Wildman–Crippen MR) is 72.4 cm³/mol. The molecular weight excluding hydrogens is 246 g/mol. The van der Waals surface area contributed by atoms with Gasteiger partial charge in [-0.15, -0.1) is 0 Å². The van der Waals surface area contributed by atoms with Gasteiger partial charge in [0.1, 0.15) is 11.6 Å². The summed E-state index contributed by atoms with van der Waals surface area (Å²) in [5, 5.41) is 0. The van der Waals surface area contributed by atoms with Crippen molar-refractivity contribution < 1.29 is 8.78 Å². The monoisotopic (exact) mass is 268 g/mol. The Labute approximate surface area is 113 Å². The summed E-state index contributed by atoms with van der Waals surface area (Å²) in [5.74, 6) is 4.65. The second-order valence-corrected chi connectivity index (χ2v) is 5.62. The Kier molecular flexibility index (Phi) is 4.53. The minimum absolute atomic E-state index is 0.0706. The predicted octanol–water partition coefficient (Wildman–Crippen LogP) is 3.31. The Balaban J connectivity index is 2.18. The van der Waals surface area contributed by atoms with Crippen LogP contribution in [-0.2, 0) is 6.42 Å². The lowest BCUT2D eigenvalue weighted by Gasteiger charge is -2.36. The van der Waals surface area contributed by atoms with Crippen molar-refractivity contribution in [1.82, 2.24) is 5.43 Å². The van der Waals surface area contributed by atoms with Crippen LogP contribution in [-0.4, -0.2) is 6.04 Å². The fraction of sp³-hybridized carbons (Fsp3) is 0.600. The maximum atomic E-state index is 13.2. The van der Waals surface area contributed by atoms with Gasteiger partial charge in [-0.2, -0.15) is 0 Å². The Hall–Kier alpha value is -1.00. The summed E-state index contributed by atoms with van der Waals surface area (Å²) in [6, 6.07) is 3.76. The first kappa shape index (κ1) is 14.4. The first-order valence-corrected chi connectivity index (χ1v) is 7.01. The summed E-state index contributed by atoms with van der Waals surface area (Å²) in [5.41, 5.74) is 3.71. The number of rotatable bonds is 5. The number of halogens is 2. The Morgan fingerprint density at radius 1 is 1.21 bits per heavy atom. The smallest absolute Gasteiger partial charge is 0.126 e. The fourth-order valence-corrected chi connectivity index (χ4v) is 3.44. The van der Waals surface area contributed by atoms with Gasteiger partial charge in [0.2, 0.25) is 0 Å². The van der Waals surface area contributed by atoms with Crippen LogP contribution in [0.4, 0.5) is 8.78 Å². The van der Waals surface area contributed by atoms with Crippen molar-refractivity contribution in [3.63, 3.8) is 0 Å². The van der Waals surface area contributed by atoms with Crippen LogP contribution in [0.5, 0.6) is 0 Å². The van der Waals surface area contributed by atoms with E-state index in [1.807, 2.05) is 0 Å². The molecule has 0 aliphatic heterocycles. The van der Waals surface area contributed by atoms with Gasteiger partial charge in [-0.25, -0.2) is 8.78 Å². The van der Waals surface area contributed by atoms with E-state index in [0.717, 1.165) is 25.3 Å². The summed E-state index contributed by atoms with van der Waals surface area (Å²) >= 11 is 0. The van der Waals surface area contributed by atoms with E-state index in [9.17, 15) is 8.78 Å². The second kappa shape index (κ2) is 5.97. The molecule has 0 heterocycles. The molecule has 2 rings (SSSR count). The third-order valence-corrected chi connectivity index (χ3v) is 4.61. The standard InChI is InChI=1S/C15H22F2N2/c1-2-15(5-3-4-6-15)14(19-18)9-11-7-12(16)10-13(17)8-11/h7-8,10,14,19H,2-6,9,18H2,1H3. The van der Waals surface area contributed by atoms with Crippen molar-refractivity contribution >= 4 is 0 Å². The molecule has 1 saturated carbocycles. The normalized spacial score (nSPS) is 19.6. The van der Waals surface area contributed by atoms with E-state index in [4.69, 9.17) is 5.84 Å². The molecule has 1 aromatic rings. The highest BCUT2D eigenvalue weighted by Gasteiger charge is 2.39. The van der Waals surface area contributed by atoms with Gasteiger partial charge < -0.3 is 0 Å². The lowest BCUT2D eigenvalue weighted by molar-refractivity contribution is 0.185. The second-order valence-electron chi connectivity index (χ2n) is 5.62. The zero-order valence-electron chi connectivity index (χ0n) is 11.4. The van der Waals surface area contributed by atoms with Crippen molar-refractivity contribution in [2.24, 2.45) is 11.3 Å². The molecular formula is C15H22F2N2. The number of nitrogens with one attached hydrogen (secondary N) is 1. The molecule has 4 heteroatoms. The van der Waals surface area contributed by atoms with Gasteiger partial charge in [0.05, 0.1) is 0 Å². The third kappa shape index (κ3) is 3.12. The lowest BCUT2D eigenvalue weighted by atomic mass is 9.74. The molecule has 106 valence electrons. The Bertz CT molecular complexity index is 408. The molecule has 1 unspecified atom stereocenters. The average Bonchev–Trinajstić information content (AvgIpc) is 2.84. The molecule has 1 aromatic carbocycles. The van der Waals surface area contributed by atoms with Crippen LogP contribution in [0, 0.1) is 17.0 Å². The molecule has 3 N–H and O–H groups in total. The summed E-state index contributed by atoms with van der Waals surface area (Å²) in [6.07, 6.45) is 6.30. The number of benzene rings is 1. The topological polar surface area (TPSA) is 38.0 Å². The number of hydrogen-bond acceptors (Lipinski definition) is 2. The molecule has 1 aliphatic rings. The maximum absolute atomic E-state index is 13.2. The number of hydrogen-bond donors (Lipinski definition) is 2. The fourth-order valence-electron chi connectivity index (χ4n) is 3.44. The molecule has 2 nitrogen and oxygen atoms in total. The SMILES string of the molecule is CCC1(C(Cc2cc(F)cc(F)c2)NN)CCCC1. The quantitative estimate of drug-likeness (QED) is 0.635. The number of hydrazine groups is 1. The van der Waals surface area contributed by atoms with E-state index in [-0.39, 0.29) is 11.5 Å². The molecule has 0 spiro atoms. The molecule has 1 fully saturated rings. The molecule has 1 atom stereocenters. The van der Waals surface area contributed by atoms with Crippen LogP contribution in [0.3, 0.4) is 0 Å². The zero-order chi connectivity index (χ0) is 13.9. The van der Waals surface area contributed by atoms with Gasteiger partial charge in [-0.1, -0.05) is 19.8 Å². The largest absolute Gasteiger partial charge is 0.271 e. The van der Waals surface area contributed by atoms with Crippen LogP contribution >= 0.6 is 0 Å². The zero-order valence-corrected chi connectivity index (χ0v) is 11.4. The molecule has 19 heavy (non-hydrogen) atoms. The summed E-state index contributed by atoms with van der Waals surface area (Å²) in [6.45, 7) is 2.17. The van der Waals surface area contributed by atoms with E-state index < -0.39 is 11.6 Å². The van der Waals surface area contributed by atoms with Crippen LogP contribution < -0.4 is 11.3 Å². The van der Waals surface area contributed by atoms with E-state index in [1.165, 1.54) is 25.0 Å². The Morgan fingerprint density at radius 3 is 2.26 bits per heavy atom. The summed E-state index contributed by atoms with van der Waals surface area (Å²) in [4.78, 5) is 0. The van der Waals surface area contributed by atoms with Crippen molar-refractivity contribution in [2.45, 2.75) is 51.5 Å². The minimum atomic E-state index is -0.525. The summed E-state index contributed by atoms with van der Waals surface area (Å²) < 4.78 is 26.5. The van der Waals surface area contributed by atoms with Crippen molar-refractivity contribution in [3.8, 4) is 0 Å². The third-order valence-electron chi connectivity index (χ3n) is 4.61. The average molecular weight is 268 g/mol. The van der Waals surface area contributed by atoms with Crippen molar-refractivity contribution in [1.29, 1.82) is 0 Å². The molecule has 0 saturated heterocycles. The molecule has 0 amide bonds. The highest BCUT2D eigenvalue weighted by molar-refractivity contribution is 5.20. The van der Waals surface area contributed by atoms with Gasteiger partial charge in [-0.05, 0) is 48.8 Å². The van der Waals surface area contributed by atoms with Gasteiger partial charge in [0, 0.05) is 12.1 Å². The van der Waals surface area contributed by atoms with Gasteiger partial charge in [0.25, 0.3) is 0 Å². The van der Waals surface area contributed by atoms with E-state index in [2.05, 4.69) is 12.3 Å². The van der Waals surface area contributed by atoms with Crippen LogP contribution in [0.15, 0.2) is 18.2 Å². The van der Waals surface area contributed by atoms with E-state index >= 15 is 0 Å². The van der Waals surface area contributed by atoms with Crippen LogP contribution in [0.25, 0.3) is 0 Å². The maximum Gasteiger partial charge on any atom is 0.126 e. The van der Waals surface area contributed by atoms with Crippen molar-refractivity contribution in [2.75, 3.05) is 0 Å².